The molecule has 2 N–H and O–H groups in total. The minimum absolute atomic E-state index is 0.130. The first kappa shape index (κ1) is 14.6. The van der Waals surface area contributed by atoms with Crippen LogP contribution in [0.4, 0.5) is 0 Å². The van der Waals surface area contributed by atoms with Crippen molar-refractivity contribution in [3.05, 3.63) is 11.9 Å². The zero-order valence-electron chi connectivity index (χ0n) is 11.9. The number of carbonyl (C=O) groups is 1. The summed E-state index contributed by atoms with van der Waals surface area (Å²) in [7, 11) is 0. The smallest absolute Gasteiger partial charge is 0.245 e. The van der Waals surface area contributed by atoms with Crippen LogP contribution in [-0.2, 0) is 10.4 Å². The molecule has 0 aliphatic carbocycles. The summed E-state index contributed by atoms with van der Waals surface area (Å²) in [6.45, 7) is 10.7. The lowest BCUT2D eigenvalue weighted by atomic mass is 10.1. The summed E-state index contributed by atoms with van der Waals surface area (Å²) in [6.07, 6.45) is 1.59. The molecule has 0 radical (unpaired) electrons. The SMILES string of the molecule is CC(C(=O)NC(C)(C)C)n1cc(C(C)(C)O)nn1. The number of rotatable bonds is 3. The molecule has 102 valence electrons. The largest absolute Gasteiger partial charge is 0.384 e. The Morgan fingerprint density at radius 2 is 1.94 bits per heavy atom. The molecular formula is C12H22N4O2. The Labute approximate surface area is 107 Å². The second-order valence-corrected chi connectivity index (χ2v) is 6.06. The molecule has 0 spiro atoms. The second kappa shape index (κ2) is 4.68. The fourth-order valence-corrected chi connectivity index (χ4v) is 1.34. The van der Waals surface area contributed by atoms with Gasteiger partial charge in [-0.3, -0.25) is 4.79 Å². The molecule has 0 fully saturated rings. The van der Waals surface area contributed by atoms with Gasteiger partial charge in [0.1, 0.15) is 17.3 Å². The van der Waals surface area contributed by atoms with E-state index in [2.05, 4.69) is 15.6 Å². The third-order valence-electron chi connectivity index (χ3n) is 2.41. The maximum atomic E-state index is 12.0. The fourth-order valence-electron chi connectivity index (χ4n) is 1.34. The number of aromatic nitrogens is 3. The topological polar surface area (TPSA) is 80.0 Å². The van der Waals surface area contributed by atoms with E-state index in [1.807, 2.05) is 20.8 Å². The van der Waals surface area contributed by atoms with Gasteiger partial charge in [-0.1, -0.05) is 5.21 Å². The highest BCUT2D eigenvalue weighted by Gasteiger charge is 2.25. The summed E-state index contributed by atoms with van der Waals surface area (Å²) in [4.78, 5) is 12.0. The van der Waals surface area contributed by atoms with Crippen LogP contribution < -0.4 is 5.32 Å². The number of carbonyl (C=O) groups excluding carboxylic acids is 1. The first-order chi connectivity index (χ1) is 8.00. The number of hydrogen-bond acceptors (Lipinski definition) is 4. The Balaban J connectivity index is 2.82. The molecule has 1 unspecified atom stereocenters. The van der Waals surface area contributed by atoms with E-state index in [-0.39, 0.29) is 11.4 Å². The molecule has 18 heavy (non-hydrogen) atoms. The van der Waals surface area contributed by atoms with Gasteiger partial charge in [0.05, 0.1) is 6.20 Å². The normalized spacial score (nSPS) is 14.4. The van der Waals surface area contributed by atoms with Gasteiger partial charge in [-0.15, -0.1) is 5.10 Å². The number of aliphatic hydroxyl groups is 1. The van der Waals surface area contributed by atoms with Gasteiger partial charge in [-0.25, -0.2) is 4.68 Å². The molecule has 1 atom stereocenters. The third-order valence-corrected chi connectivity index (χ3v) is 2.41. The van der Waals surface area contributed by atoms with E-state index in [1.54, 1.807) is 27.0 Å². The van der Waals surface area contributed by atoms with Gasteiger partial charge in [0.25, 0.3) is 0 Å². The predicted molar refractivity (Wildman–Crippen MR) is 67.9 cm³/mol. The van der Waals surface area contributed by atoms with Crippen LogP contribution in [0.2, 0.25) is 0 Å². The van der Waals surface area contributed by atoms with Crippen molar-refractivity contribution < 1.29 is 9.90 Å². The molecule has 0 saturated carbocycles. The number of amides is 1. The van der Waals surface area contributed by atoms with Crippen LogP contribution in [0, 0.1) is 0 Å². The van der Waals surface area contributed by atoms with Gasteiger partial charge >= 0.3 is 0 Å². The van der Waals surface area contributed by atoms with Gasteiger partial charge in [0.2, 0.25) is 5.91 Å². The lowest BCUT2D eigenvalue weighted by molar-refractivity contribution is -0.125. The monoisotopic (exact) mass is 254 g/mol. The molecule has 1 aromatic heterocycles. The maximum Gasteiger partial charge on any atom is 0.245 e. The summed E-state index contributed by atoms with van der Waals surface area (Å²) in [5, 5.41) is 20.4. The van der Waals surface area contributed by atoms with Gasteiger partial charge in [0.15, 0.2) is 0 Å². The molecule has 1 aromatic rings. The van der Waals surface area contributed by atoms with Crippen LogP contribution >= 0.6 is 0 Å². The van der Waals surface area contributed by atoms with E-state index in [9.17, 15) is 9.90 Å². The quantitative estimate of drug-likeness (QED) is 0.842. The number of nitrogens with zero attached hydrogens (tertiary/aromatic N) is 3. The Kier molecular flexibility index (Phi) is 3.81. The van der Waals surface area contributed by atoms with Crippen molar-refractivity contribution in [3.63, 3.8) is 0 Å². The van der Waals surface area contributed by atoms with E-state index in [0.717, 1.165) is 0 Å². The first-order valence-corrected chi connectivity index (χ1v) is 5.97. The van der Waals surface area contributed by atoms with Crippen molar-refractivity contribution in [3.8, 4) is 0 Å². The molecule has 0 aliphatic rings. The highest BCUT2D eigenvalue weighted by atomic mass is 16.3. The van der Waals surface area contributed by atoms with Gasteiger partial charge < -0.3 is 10.4 Å². The summed E-state index contributed by atoms with van der Waals surface area (Å²) in [5.41, 5.74) is -0.901. The average molecular weight is 254 g/mol. The highest BCUT2D eigenvalue weighted by molar-refractivity contribution is 5.80. The fraction of sp³-hybridized carbons (Fsp3) is 0.750. The van der Waals surface area contributed by atoms with E-state index in [4.69, 9.17) is 0 Å². The Hall–Kier alpha value is -1.43. The third kappa shape index (κ3) is 3.80. The van der Waals surface area contributed by atoms with Crippen molar-refractivity contribution in [1.29, 1.82) is 0 Å². The van der Waals surface area contributed by atoms with E-state index >= 15 is 0 Å². The molecule has 1 heterocycles. The molecule has 0 aliphatic heterocycles. The van der Waals surface area contributed by atoms with Gasteiger partial charge in [-0.05, 0) is 41.5 Å². The van der Waals surface area contributed by atoms with Crippen molar-refractivity contribution >= 4 is 5.91 Å². The molecule has 6 heteroatoms. The minimum atomic E-state index is -1.06. The van der Waals surface area contributed by atoms with Crippen LogP contribution in [0.3, 0.4) is 0 Å². The standard InChI is InChI=1S/C12H22N4O2/c1-8(10(17)13-11(2,3)4)16-7-9(14-15-16)12(5,6)18/h7-8,18H,1-6H3,(H,13,17). The molecule has 1 rings (SSSR count). The maximum absolute atomic E-state index is 12.0. The summed E-state index contributed by atoms with van der Waals surface area (Å²) in [5.74, 6) is -0.130. The summed E-state index contributed by atoms with van der Waals surface area (Å²) < 4.78 is 1.45. The summed E-state index contributed by atoms with van der Waals surface area (Å²) >= 11 is 0. The average Bonchev–Trinajstić information content (AvgIpc) is 2.61. The molecule has 0 saturated heterocycles. The van der Waals surface area contributed by atoms with Crippen LogP contribution in [0.25, 0.3) is 0 Å². The molecular weight excluding hydrogens is 232 g/mol. The lowest BCUT2D eigenvalue weighted by Crippen LogP contribution is -2.43. The van der Waals surface area contributed by atoms with Crippen LogP contribution in [-0.4, -0.2) is 31.5 Å². The van der Waals surface area contributed by atoms with Crippen LogP contribution in [0.15, 0.2) is 6.20 Å². The zero-order valence-corrected chi connectivity index (χ0v) is 11.9. The van der Waals surface area contributed by atoms with E-state index in [0.29, 0.717) is 5.69 Å². The minimum Gasteiger partial charge on any atom is -0.384 e. The second-order valence-electron chi connectivity index (χ2n) is 6.06. The molecule has 1 amide bonds. The van der Waals surface area contributed by atoms with Crippen LogP contribution in [0.1, 0.15) is 53.3 Å². The lowest BCUT2D eigenvalue weighted by Gasteiger charge is -2.23. The van der Waals surface area contributed by atoms with Gasteiger partial charge in [-0.2, -0.15) is 0 Å². The Morgan fingerprint density at radius 3 is 2.33 bits per heavy atom. The number of nitrogens with one attached hydrogen (secondary N) is 1. The van der Waals surface area contributed by atoms with Crippen LogP contribution in [0.5, 0.6) is 0 Å². The highest BCUT2D eigenvalue weighted by Crippen LogP contribution is 2.17. The van der Waals surface area contributed by atoms with Crippen molar-refractivity contribution in [2.45, 2.75) is 58.7 Å². The molecule has 0 bridgehead atoms. The van der Waals surface area contributed by atoms with Crippen molar-refractivity contribution in [2.75, 3.05) is 0 Å². The van der Waals surface area contributed by atoms with Gasteiger partial charge in [0, 0.05) is 5.54 Å². The predicted octanol–water partition coefficient (Wildman–Crippen LogP) is 0.981. The van der Waals surface area contributed by atoms with Crippen molar-refractivity contribution in [1.82, 2.24) is 20.3 Å². The molecule has 6 nitrogen and oxygen atoms in total. The number of hydrogen-bond donors (Lipinski definition) is 2. The van der Waals surface area contributed by atoms with E-state index in [1.165, 1.54) is 4.68 Å². The zero-order chi connectivity index (χ0) is 14.1. The Morgan fingerprint density at radius 1 is 1.39 bits per heavy atom. The van der Waals surface area contributed by atoms with E-state index < -0.39 is 11.6 Å². The Bertz CT molecular complexity index is 426. The molecule has 0 aromatic carbocycles. The van der Waals surface area contributed by atoms with Crippen molar-refractivity contribution in [2.24, 2.45) is 0 Å². The first-order valence-electron chi connectivity index (χ1n) is 5.97. The summed E-state index contributed by atoms with van der Waals surface area (Å²) in [6, 6.07) is -0.465.